The molecular weight excluding hydrogens is 582 g/mol. The lowest BCUT2D eigenvalue weighted by atomic mass is 10.0. The molecule has 0 saturated carbocycles. The Balaban J connectivity index is 1.68. The van der Waals surface area contributed by atoms with Crippen LogP contribution in [-0.2, 0) is 9.16 Å². The first-order chi connectivity index (χ1) is 20.2. The Bertz CT molecular complexity index is 1390. The second-order valence-corrected chi connectivity index (χ2v) is 18.3. The number of nitrogens with one attached hydrogen (secondary N) is 2. The molecule has 1 aliphatic rings. The van der Waals surface area contributed by atoms with Crippen molar-refractivity contribution < 1.29 is 18.4 Å². The molecule has 3 heterocycles. The molecule has 1 saturated heterocycles. The molecule has 236 valence electrons. The fourth-order valence-electron chi connectivity index (χ4n) is 5.08. The van der Waals surface area contributed by atoms with Crippen LogP contribution in [0.2, 0.25) is 23.2 Å². The van der Waals surface area contributed by atoms with E-state index in [0.29, 0.717) is 47.7 Å². The Morgan fingerprint density at radius 2 is 1.91 bits per heavy atom. The zero-order valence-corrected chi connectivity index (χ0v) is 29.1. The number of halogens is 1. The van der Waals surface area contributed by atoms with Gasteiger partial charge in [0.1, 0.15) is 23.9 Å². The summed E-state index contributed by atoms with van der Waals surface area (Å²) in [6.07, 6.45) is 1.89. The maximum absolute atomic E-state index is 6.79. The van der Waals surface area contributed by atoms with Crippen LogP contribution in [0.3, 0.4) is 0 Å². The summed E-state index contributed by atoms with van der Waals surface area (Å²) >= 11 is 6.79. The van der Waals surface area contributed by atoms with E-state index in [4.69, 9.17) is 40.0 Å². The van der Waals surface area contributed by atoms with Crippen molar-refractivity contribution in [3.63, 3.8) is 0 Å². The van der Waals surface area contributed by atoms with Crippen molar-refractivity contribution in [2.45, 2.75) is 97.7 Å². The third-order valence-corrected chi connectivity index (χ3v) is 13.4. The van der Waals surface area contributed by atoms with Crippen molar-refractivity contribution in [2.24, 2.45) is 0 Å². The van der Waals surface area contributed by atoms with Crippen molar-refractivity contribution in [2.75, 3.05) is 32.1 Å². The number of rotatable bonds is 11. The average Bonchev–Trinajstić information content (AvgIpc) is 3.26. The largest absolute Gasteiger partial charge is 0.491 e. The standard InChI is InChI=1S/C32H48ClN5O4Si/c1-19-15-23(13-14-39-19)35-30-20(2)29(28-21(3)38-41-22(28)4)36-31(37-30)26-16-24(11-12-27(26)33)40-18-25(17-34-8)42-43(9,10)32(5,6)7/h11-12,16,19,23,25,34H,13-15,17-18H2,1-10H3,(H,35,36,37)/t19-,23-,25-/m1/s1. The average molecular weight is 630 g/mol. The minimum absolute atomic E-state index is 0.0931. The predicted octanol–water partition coefficient (Wildman–Crippen LogP) is 7.35. The molecule has 4 rings (SSSR count). The molecule has 1 aromatic carbocycles. The van der Waals surface area contributed by atoms with Crippen LogP contribution in [0.15, 0.2) is 22.7 Å². The number of ether oxygens (including phenoxy) is 2. The van der Waals surface area contributed by atoms with Gasteiger partial charge in [-0.1, -0.05) is 37.5 Å². The smallest absolute Gasteiger partial charge is 0.192 e. The van der Waals surface area contributed by atoms with E-state index in [-0.39, 0.29) is 23.3 Å². The van der Waals surface area contributed by atoms with Gasteiger partial charge in [0.25, 0.3) is 0 Å². The Hall–Kier alpha value is -2.50. The summed E-state index contributed by atoms with van der Waals surface area (Å²) in [6, 6.07) is 5.85. The van der Waals surface area contributed by atoms with Gasteiger partial charge >= 0.3 is 0 Å². The van der Waals surface area contributed by atoms with Crippen LogP contribution in [0.5, 0.6) is 5.75 Å². The van der Waals surface area contributed by atoms with Gasteiger partial charge in [-0.2, -0.15) is 0 Å². The highest BCUT2D eigenvalue weighted by Crippen LogP contribution is 2.38. The summed E-state index contributed by atoms with van der Waals surface area (Å²) in [7, 11) is -0.0507. The first-order valence-electron chi connectivity index (χ1n) is 15.1. The molecule has 0 bridgehead atoms. The molecular formula is C32H48ClN5O4Si. The molecule has 0 aliphatic carbocycles. The van der Waals surface area contributed by atoms with E-state index in [0.717, 1.165) is 41.2 Å². The number of aromatic nitrogens is 3. The SMILES string of the molecule is CNC[C@H](COc1ccc(Cl)c(-c2nc(N[C@@H]3CCO[C@H](C)C3)c(C)c(-c3c(C)noc3C)n2)c1)O[Si](C)(C)C(C)(C)C. The lowest BCUT2D eigenvalue weighted by Crippen LogP contribution is -2.47. The number of nitrogens with zero attached hydrogens (tertiary/aromatic N) is 3. The van der Waals surface area contributed by atoms with Crippen molar-refractivity contribution >= 4 is 25.7 Å². The zero-order chi connectivity index (χ0) is 31.5. The van der Waals surface area contributed by atoms with Crippen LogP contribution in [-0.4, -0.2) is 68.5 Å². The van der Waals surface area contributed by atoms with Crippen molar-refractivity contribution in [1.29, 1.82) is 0 Å². The fraction of sp³-hybridized carbons (Fsp3) is 0.594. The Morgan fingerprint density at radius 3 is 2.53 bits per heavy atom. The van der Waals surface area contributed by atoms with E-state index < -0.39 is 8.32 Å². The summed E-state index contributed by atoms with van der Waals surface area (Å²) in [6.45, 7) is 21.0. The minimum Gasteiger partial charge on any atom is -0.491 e. The molecule has 0 radical (unpaired) electrons. The predicted molar refractivity (Wildman–Crippen MR) is 176 cm³/mol. The maximum Gasteiger partial charge on any atom is 0.192 e. The number of hydrogen-bond acceptors (Lipinski definition) is 9. The molecule has 0 amide bonds. The molecule has 2 N–H and O–H groups in total. The lowest BCUT2D eigenvalue weighted by Gasteiger charge is -2.39. The van der Waals surface area contributed by atoms with E-state index in [1.54, 1.807) is 0 Å². The zero-order valence-electron chi connectivity index (χ0n) is 27.4. The third-order valence-electron chi connectivity index (χ3n) is 8.56. The second kappa shape index (κ2) is 13.6. The quantitative estimate of drug-likeness (QED) is 0.211. The highest BCUT2D eigenvalue weighted by Gasteiger charge is 2.39. The third kappa shape index (κ3) is 7.97. The van der Waals surface area contributed by atoms with E-state index >= 15 is 0 Å². The highest BCUT2D eigenvalue weighted by molar-refractivity contribution is 6.74. The fourth-order valence-corrected chi connectivity index (χ4v) is 6.62. The molecule has 11 heteroatoms. The number of aryl methyl sites for hydroxylation is 2. The van der Waals surface area contributed by atoms with Crippen molar-refractivity contribution in [1.82, 2.24) is 20.4 Å². The van der Waals surface area contributed by atoms with Crippen LogP contribution < -0.4 is 15.4 Å². The first-order valence-corrected chi connectivity index (χ1v) is 18.4. The number of benzene rings is 1. The van der Waals surface area contributed by atoms with Gasteiger partial charge in [0.15, 0.2) is 14.1 Å². The van der Waals surface area contributed by atoms with Crippen molar-refractivity contribution in [3.05, 3.63) is 40.2 Å². The normalized spacial score (nSPS) is 18.5. The lowest BCUT2D eigenvalue weighted by molar-refractivity contribution is 0.0231. The summed E-state index contributed by atoms with van der Waals surface area (Å²) in [4.78, 5) is 10.0. The summed E-state index contributed by atoms with van der Waals surface area (Å²) in [5, 5.41) is 11.8. The minimum atomic E-state index is -1.98. The Morgan fingerprint density at radius 1 is 1.16 bits per heavy atom. The molecule has 3 aromatic rings. The van der Waals surface area contributed by atoms with Gasteiger partial charge in [0.05, 0.1) is 34.2 Å². The molecule has 2 aromatic heterocycles. The van der Waals surface area contributed by atoms with Crippen LogP contribution in [0.25, 0.3) is 22.6 Å². The molecule has 3 atom stereocenters. The van der Waals surface area contributed by atoms with E-state index in [1.165, 1.54) is 0 Å². The number of anilines is 1. The summed E-state index contributed by atoms with van der Waals surface area (Å²) in [5.41, 5.74) is 4.02. The van der Waals surface area contributed by atoms with Crippen LogP contribution in [0.1, 0.15) is 57.6 Å². The van der Waals surface area contributed by atoms with E-state index in [2.05, 4.69) is 56.6 Å². The molecule has 1 aliphatic heterocycles. The van der Waals surface area contributed by atoms with Crippen molar-refractivity contribution in [3.8, 4) is 28.4 Å². The van der Waals surface area contributed by atoms with Crippen LogP contribution in [0.4, 0.5) is 5.82 Å². The monoisotopic (exact) mass is 629 g/mol. The van der Waals surface area contributed by atoms with Gasteiger partial charge < -0.3 is 29.1 Å². The number of likely N-dealkylation sites (N-methyl/N-ethyl adjacent to an activating group) is 1. The van der Waals surface area contributed by atoms with Crippen LogP contribution in [0, 0.1) is 20.8 Å². The molecule has 43 heavy (non-hydrogen) atoms. The molecule has 0 spiro atoms. The topological polar surface area (TPSA) is 104 Å². The summed E-state index contributed by atoms with van der Waals surface area (Å²) < 4.78 is 24.3. The van der Waals surface area contributed by atoms with Gasteiger partial charge in [-0.15, -0.1) is 0 Å². The van der Waals surface area contributed by atoms with Gasteiger partial charge in [-0.05, 0) is 83.9 Å². The molecule has 1 fully saturated rings. The number of hydrogen-bond donors (Lipinski definition) is 2. The Labute approximate surface area is 262 Å². The van der Waals surface area contributed by atoms with E-state index in [1.807, 2.05) is 46.0 Å². The van der Waals surface area contributed by atoms with E-state index in [9.17, 15) is 0 Å². The van der Waals surface area contributed by atoms with Crippen LogP contribution >= 0.6 is 11.6 Å². The maximum atomic E-state index is 6.79. The highest BCUT2D eigenvalue weighted by atomic mass is 35.5. The van der Waals surface area contributed by atoms with Gasteiger partial charge in [0.2, 0.25) is 0 Å². The summed E-state index contributed by atoms with van der Waals surface area (Å²) in [5.74, 6) is 2.65. The second-order valence-electron chi connectivity index (χ2n) is 13.1. The Kier molecular flexibility index (Phi) is 10.6. The first kappa shape index (κ1) is 33.4. The van der Waals surface area contributed by atoms with Gasteiger partial charge in [0, 0.05) is 30.3 Å². The van der Waals surface area contributed by atoms with Gasteiger partial charge in [-0.25, -0.2) is 9.97 Å². The van der Waals surface area contributed by atoms with Gasteiger partial charge in [-0.3, -0.25) is 0 Å². The molecule has 9 nitrogen and oxygen atoms in total. The molecule has 0 unspecified atom stereocenters.